The van der Waals surface area contributed by atoms with E-state index >= 15 is 0 Å². The van der Waals surface area contributed by atoms with Gasteiger partial charge in [0, 0.05) is 17.7 Å². The van der Waals surface area contributed by atoms with Gasteiger partial charge in [0.1, 0.15) is 0 Å². The van der Waals surface area contributed by atoms with Gasteiger partial charge in [-0.25, -0.2) is 4.40 Å². The Kier molecular flexibility index (Phi) is 2.55. The first-order chi connectivity index (χ1) is 5.13. The first-order valence-corrected chi connectivity index (χ1v) is 4.52. The first kappa shape index (κ1) is 8.60. The van der Waals surface area contributed by atoms with Gasteiger partial charge in [0.15, 0.2) is 0 Å². The molecule has 0 bridgehead atoms. The second kappa shape index (κ2) is 3.26. The summed E-state index contributed by atoms with van der Waals surface area (Å²) >= 11 is 1.52. The molecular formula is C9H13NS. The van der Waals surface area contributed by atoms with Gasteiger partial charge in [-0.15, -0.1) is 0 Å². The van der Waals surface area contributed by atoms with Gasteiger partial charge in [0.25, 0.3) is 0 Å². The first-order valence-electron chi connectivity index (χ1n) is 3.68. The molecule has 11 heavy (non-hydrogen) atoms. The lowest BCUT2D eigenvalue weighted by molar-refractivity contribution is 1.30. The summed E-state index contributed by atoms with van der Waals surface area (Å²) in [5, 5.41) is 2.09. The molecule has 2 heteroatoms. The molecule has 1 aliphatic heterocycles. The van der Waals surface area contributed by atoms with Crippen molar-refractivity contribution in [3.63, 3.8) is 0 Å². The largest absolute Gasteiger partial charge is 0.217 e. The van der Waals surface area contributed by atoms with Gasteiger partial charge in [-0.3, -0.25) is 0 Å². The molecule has 0 spiro atoms. The molecule has 0 amide bonds. The van der Waals surface area contributed by atoms with E-state index in [1.54, 1.807) is 0 Å². The molecule has 60 valence electrons. The van der Waals surface area contributed by atoms with Gasteiger partial charge in [-0.05, 0) is 49.8 Å². The molecule has 0 fully saturated rings. The van der Waals surface area contributed by atoms with E-state index in [-0.39, 0.29) is 0 Å². The van der Waals surface area contributed by atoms with Crippen molar-refractivity contribution in [1.82, 2.24) is 0 Å². The minimum Gasteiger partial charge on any atom is -0.217 e. The van der Waals surface area contributed by atoms with Crippen LogP contribution in [0.2, 0.25) is 0 Å². The Hall–Kier alpha value is -0.500. The Labute approximate surface area is 72.4 Å². The van der Waals surface area contributed by atoms with Crippen LogP contribution in [0.5, 0.6) is 0 Å². The monoisotopic (exact) mass is 167 g/mol. The SMILES string of the molecule is CC1=CSN=C(C)C(C)=C1C. The van der Waals surface area contributed by atoms with Gasteiger partial charge in [0.05, 0.1) is 0 Å². The fraction of sp³-hybridized carbons (Fsp3) is 0.444. The molecule has 0 unspecified atom stereocenters. The quantitative estimate of drug-likeness (QED) is 0.504. The summed E-state index contributed by atoms with van der Waals surface area (Å²) in [4.78, 5) is 0. The van der Waals surface area contributed by atoms with Crippen LogP contribution < -0.4 is 0 Å². The molecular weight excluding hydrogens is 154 g/mol. The fourth-order valence-electron chi connectivity index (χ4n) is 0.908. The van der Waals surface area contributed by atoms with Crippen molar-refractivity contribution >= 4 is 17.7 Å². The van der Waals surface area contributed by atoms with E-state index in [1.807, 2.05) is 0 Å². The zero-order chi connectivity index (χ0) is 8.43. The lowest BCUT2D eigenvalue weighted by Crippen LogP contribution is -1.94. The van der Waals surface area contributed by atoms with Gasteiger partial charge < -0.3 is 0 Å². The molecule has 0 saturated heterocycles. The predicted molar refractivity (Wildman–Crippen MR) is 52.8 cm³/mol. The van der Waals surface area contributed by atoms with Crippen LogP contribution in [0.3, 0.4) is 0 Å². The van der Waals surface area contributed by atoms with E-state index in [1.165, 1.54) is 28.7 Å². The molecule has 0 aromatic rings. The third-order valence-electron chi connectivity index (χ3n) is 2.12. The van der Waals surface area contributed by atoms with Gasteiger partial charge >= 0.3 is 0 Å². The Balaban J connectivity index is 3.12. The molecule has 0 aromatic carbocycles. The summed E-state index contributed by atoms with van der Waals surface area (Å²) in [5.41, 5.74) is 5.13. The smallest absolute Gasteiger partial charge is 0.0491 e. The van der Waals surface area contributed by atoms with Crippen LogP contribution in [0.4, 0.5) is 0 Å². The van der Waals surface area contributed by atoms with Crippen molar-refractivity contribution in [1.29, 1.82) is 0 Å². The van der Waals surface area contributed by atoms with Gasteiger partial charge in [-0.2, -0.15) is 0 Å². The molecule has 0 radical (unpaired) electrons. The topological polar surface area (TPSA) is 12.4 Å². The van der Waals surface area contributed by atoms with Crippen LogP contribution in [-0.2, 0) is 0 Å². The second-order valence-corrected chi connectivity index (χ2v) is 3.46. The number of allylic oxidation sites excluding steroid dienone is 3. The van der Waals surface area contributed by atoms with Crippen LogP contribution in [0.1, 0.15) is 27.7 Å². The van der Waals surface area contributed by atoms with E-state index in [0.29, 0.717) is 0 Å². The Morgan fingerprint density at radius 1 is 1.09 bits per heavy atom. The minimum absolute atomic E-state index is 1.14. The Bertz CT molecular complexity index is 233. The zero-order valence-corrected chi connectivity index (χ0v) is 8.25. The van der Waals surface area contributed by atoms with Gasteiger partial charge in [0.2, 0.25) is 0 Å². The highest BCUT2D eigenvalue weighted by atomic mass is 32.2. The maximum atomic E-state index is 4.30. The molecule has 0 saturated carbocycles. The highest BCUT2D eigenvalue weighted by molar-refractivity contribution is 8.01. The molecule has 0 aliphatic carbocycles. The maximum absolute atomic E-state index is 4.30. The van der Waals surface area contributed by atoms with Crippen LogP contribution in [-0.4, -0.2) is 5.71 Å². The van der Waals surface area contributed by atoms with E-state index in [9.17, 15) is 0 Å². The Morgan fingerprint density at radius 3 is 2.36 bits per heavy atom. The molecule has 1 aliphatic rings. The van der Waals surface area contributed by atoms with Crippen molar-refractivity contribution in [2.45, 2.75) is 27.7 Å². The van der Waals surface area contributed by atoms with E-state index in [4.69, 9.17) is 0 Å². The van der Waals surface area contributed by atoms with Crippen molar-refractivity contribution in [3.8, 4) is 0 Å². The molecule has 1 rings (SSSR count). The van der Waals surface area contributed by atoms with E-state index < -0.39 is 0 Å². The number of nitrogens with zero attached hydrogens (tertiary/aromatic N) is 1. The maximum Gasteiger partial charge on any atom is 0.0491 e. The molecule has 0 atom stereocenters. The standard InChI is InChI=1S/C9H13NS/c1-6-5-11-10-9(4)8(3)7(6)2/h5H,1-4H3. The second-order valence-electron chi connectivity index (χ2n) is 2.83. The minimum atomic E-state index is 1.14. The van der Waals surface area contributed by atoms with Crippen molar-refractivity contribution < 1.29 is 0 Å². The predicted octanol–water partition coefficient (Wildman–Crippen LogP) is 3.35. The highest BCUT2D eigenvalue weighted by Gasteiger charge is 2.05. The van der Waals surface area contributed by atoms with Crippen LogP contribution in [0.15, 0.2) is 26.5 Å². The zero-order valence-electron chi connectivity index (χ0n) is 7.43. The number of rotatable bonds is 0. The van der Waals surface area contributed by atoms with Crippen molar-refractivity contribution in [3.05, 3.63) is 22.1 Å². The molecule has 1 nitrogen and oxygen atoms in total. The normalized spacial score (nSPS) is 19.3. The summed E-state index contributed by atoms with van der Waals surface area (Å²) in [6, 6.07) is 0. The molecule has 0 N–H and O–H groups in total. The average Bonchev–Trinajstić information content (AvgIpc) is 2.07. The van der Waals surface area contributed by atoms with Crippen LogP contribution in [0, 0.1) is 0 Å². The van der Waals surface area contributed by atoms with Crippen LogP contribution >= 0.6 is 11.9 Å². The lowest BCUT2D eigenvalue weighted by Gasteiger charge is -2.03. The fourth-order valence-corrected chi connectivity index (χ4v) is 1.59. The van der Waals surface area contributed by atoms with E-state index in [2.05, 4.69) is 37.5 Å². The van der Waals surface area contributed by atoms with Crippen molar-refractivity contribution in [2.24, 2.45) is 4.40 Å². The van der Waals surface area contributed by atoms with E-state index in [0.717, 1.165) is 5.71 Å². The lowest BCUT2D eigenvalue weighted by atomic mass is 10.0. The average molecular weight is 167 g/mol. The summed E-state index contributed by atoms with van der Waals surface area (Å²) in [5.74, 6) is 0. The Morgan fingerprint density at radius 2 is 1.73 bits per heavy atom. The third kappa shape index (κ3) is 1.74. The van der Waals surface area contributed by atoms with Crippen LogP contribution in [0.25, 0.3) is 0 Å². The third-order valence-corrected chi connectivity index (χ3v) is 2.95. The number of hydrogen-bond acceptors (Lipinski definition) is 2. The summed E-state index contributed by atoms with van der Waals surface area (Å²) < 4.78 is 4.30. The number of hydrogen-bond donors (Lipinski definition) is 0. The molecule has 0 aromatic heterocycles. The highest BCUT2D eigenvalue weighted by Crippen LogP contribution is 2.23. The summed E-state index contributed by atoms with van der Waals surface area (Å²) in [6.07, 6.45) is 0. The molecule has 1 heterocycles. The summed E-state index contributed by atoms with van der Waals surface area (Å²) in [6.45, 7) is 8.45. The van der Waals surface area contributed by atoms with Gasteiger partial charge in [-0.1, -0.05) is 0 Å². The van der Waals surface area contributed by atoms with Crippen molar-refractivity contribution in [2.75, 3.05) is 0 Å². The summed E-state index contributed by atoms with van der Waals surface area (Å²) in [7, 11) is 0.